The van der Waals surface area contributed by atoms with Gasteiger partial charge in [-0.1, -0.05) is 37.4 Å². The van der Waals surface area contributed by atoms with Crippen molar-refractivity contribution < 1.29 is 0 Å². The third-order valence-electron chi connectivity index (χ3n) is 9.26. The number of benzene rings is 4. The minimum Gasteiger partial charge on any atom is -0.347 e. The summed E-state index contributed by atoms with van der Waals surface area (Å²) in [6.45, 7) is 13.7. The highest BCUT2D eigenvalue weighted by Gasteiger charge is 2.21. The molecule has 0 aliphatic carbocycles. The molecule has 0 saturated heterocycles. The van der Waals surface area contributed by atoms with Crippen molar-refractivity contribution in [2.24, 2.45) is 0 Å². The Morgan fingerprint density at radius 1 is 0.625 bits per heavy atom. The van der Waals surface area contributed by atoms with Crippen molar-refractivity contribution in [1.82, 2.24) is 29.7 Å². The van der Waals surface area contributed by atoms with Gasteiger partial charge in [0.2, 0.25) is 0 Å². The van der Waals surface area contributed by atoms with Crippen LogP contribution in [-0.4, -0.2) is 45.3 Å². The van der Waals surface area contributed by atoms with Crippen LogP contribution >= 0.6 is 22.7 Å². The topological polar surface area (TPSA) is 134 Å². The standard InChI is InChI=1S/C36H32N6O4S2/c1-17(41-33(43)23-9-5-7-21-29(23)25(35(41)45)13-27-31(21)47-19(3)39-27)15-37-11-12-38-16-18(2)42-34(44)24-10-6-8-22-30(24)26(36(42)46)14-28-32(22)48-20(4)40-28/h5-10,13-14,17-18,37-40H,3-4,11-12,15-16H2,1-2H3. The smallest absolute Gasteiger partial charge is 0.261 e. The van der Waals surface area contributed by atoms with Crippen molar-refractivity contribution >= 4 is 99.4 Å². The predicted octanol–water partition coefficient (Wildman–Crippen LogP) is 3.69. The molecule has 4 aromatic carbocycles. The number of aromatic nitrogens is 4. The molecule has 4 heterocycles. The number of pyridine rings is 2. The molecule has 0 spiro atoms. The van der Waals surface area contributed by atoms with Gasteiger partial charge in [-0.05, 0) is 38.1 Å². The lowest BCUT2D eigenvalue weighted by molar-refractivity contribution is 0.450. The predicted molar refractivity (Wildman–Crippen MR) is 200 cm³/mol. The molecule has 0 bridgehead atoms. The zero-order valence-electron chi connectivity index (χ0n) is 26.4. The van der Waals surface area contributed by atoms with Gasteiger partial charge >= 0.3 is 0 Å². The Labute approximate surface area is 279 Å². The van der Waals surface area contributed by atoms with Gasteiger partial charge in [0.25, 0.3) is 22.2 Å². The van der Waals surface area contributed by atoms with Crippen LogP contribution in [0, 0.1) is 0 Å². The van der Waals surface area contributed by atoms with E-state index in [0.717, 1.165) is 40.5 Å². The zero-order chi connectivity index (χ0) is 33.4. The van der Waals surface area contributed by atoms with E-state index in [9.17, 15) is 19.2 Å². The number of hydrogen-bond donors (Lipinski definition) is 4. The van der Waals surface area contributed by atoms with Crippen molar-refractivity contribution in [2.45, 2.75) is 25.9 Å². The molecular formula is C36H32N6O4S2. The summed E-state index contributed by atoms with van der Waals surface area (Å²) in [5.74, 6) is 0. The number of H-pyrrole nitrogens is 2. The van der Waals surface area contributed by atoms with Gasteiger partial charge in [-0.25, -0.2) is 0 Å². The molecule has 8 aromatic rings. The van der Waals surface area contributed by atoms with E-state index >= 15 is 0 Å². The maximum absolute atomic E-state index is 13.7. The molecule has 0 aliphatic heterocycles. The highest BCUT2D eigenvalue weighted by atomic mass is 32.1. The Kier molecular flexibility index (Phi) is 7.22. The van der Waals surface area contributed by atoms with Crippen LogP contribution in [0.3, 0.4) is 0 Å². The average Bonchev–Trinajstić information content (AvgIpc) is 3.64. The monoisotopic (exact) mass is 676 g/mol. The highest BCUT2D eigenvalue weighted by molar-refractivity contribution is 7.18. The summed E-state index contributed by atoms with van der Waals surface area (Å²) in [6.07, 6.45) is 0. The SMILES string of the molecule is C=c1[nH]c2cc3c(=O)n(C(C)CNCCNCC(C)n4c(=O)c5cccc6c7sc(=C)[nH]c7cc(c4=O)c56)c(=O)c4cccc(c2s1)c43. The number of hydrogen-bond acceptors (Lipinski definition) is 8. The van der Waals surface area contributed by atoms with E-state index in [4.69, 9.17) is 0 Å². The molecule has 4 aromatic heterocycles. The molecule has 2 unspecified atom stereocenters. The number of rotatable bonds is 9. The first-order chi connectivity index (χ1) is 23.1. The van der Waals surface area contributed by atoms with Crippen LogP contribution in [0.15, 0.2) is 67.7 Å². The number of nitrogens with zero attached hydrogens (tertiary/aromatic N) is 2. The molecule has 48 heavy (non-hydrogen) atoms. The average molecular weight is 677 g/mol. The molecule has 0 fully saturated rings. The number of fused-ring (bicyclic) bond motifs is 4. The lowest BCUT2D eigenvalue weighted by Gasteiger charge is -2.19. The Balaban J connectivity index is 0.975. The fourth-order valence-electron chi connectivity index (χ4n) is 7.10. The fourth-order valence-corrected chi connectivity index (χ4v) is 8.92. The minimum atomic E-state index is -0.393. The molecule has 2 atom stereocenters. The quantitative estimate of drug-likeness (QED) is 0.173. The van der Waals surface area contributed by atoms with Gasteiger partial charge in [-0.3, -0.25) is 28.3 Å². The van der Waals surface area contributed by atoms with Crippen LogP contribution in [0.4, 0.5) is 0 Å². The summed E-state index contributed by atoms with van der Waals surface area (Å²) < 4.78 is 6.21. The molecular weight excluding hydrogens is 645 g/mol. The van der Waals surface area contributed by atoms with E-state index in [-0.39, 0.29) is 22.2 Å². The fraction of sp³-hybridized carbons (Fsp3) is 0.222. The van der Waals surface area contributed by atoms with Gasteiger partial charge in [0.1, 0.15) is 0 Å². The first kappa shape index (κ1) is 30.5. The summed E-state index contributed by atoms with van der Waals surface area (Å²) in [6, 6.07) is 14.0. The van der Waals surface area contributed by atoms with E-state index in [1.807, 2.05) is 50.2 Å². The molecule has 242 valence electrons. The van der Waals surface area contributed by atoms with Crippen molar-refractivity contribution in [2.75, 3.05) is 26.2 Å². The third kappa shape index (κ3) is 4.59. The minimum absolute atomic E-state index is 0.299. The largest absolute Gasteiger partial charge is 0.347 e. The Bertz CT molecular complexity index is 2730. The van der Waals surface area contributed by atoms with Gasteiger partial charge in [-0.15, -0.1) is 22.7 Å². The second-order valence-corrected chi connectivity index (χ2v) is 14.6. The number of aromatic amines is 2. The molecule has 10 nitrogen and oxygen atoms in total. The molecule has 12 heteroatoms. The summed E-state index contributed by atoms with van der Waals surface area (Å²) in [7, 11) is 0. The molecule has 4 N–H and O–H groups in total. The zero-order valence-corrected chi connectivity index (χ0v) is 28.0. The van der Waals surface area contributed by atoms with E-state index in [2.05, 4.69) is 33.8 Å². The second-order valence-electron chi connectivity index (χ2n) is 12.4. The normalized spacial score (nSPS) is 13.6. The maximum Gasteiger partial charge on any atom is 0.261 e. The molecule has 8 rings (SSSR count). The van der Waals surface area contributed by atoms with Gasteiger partial charge in [0, 0.05) is 70.6 Å². The third-order valence-corrected chi connectivity index (χ3v) is 11.2. The lowest BCUT2D eigenvalue weighted by atomic mass is 10.0. The molecule has 0 aliphatic rings. The van der Waals surface area contributed by atoms with Crippen LogP contribution in [0.5, 0.6) is 0 Å². The highest BCUT2D eigenvalue weighted by Crippen LogP contribution is 2.32. The van der Waals surface area contributed by atoms with E-state index in [1.54, 1.807) is 12.1 Å². The van der Waals surface area contributed by atoms with Crippen LogP contribution in [0.1, 0.15) is 25.9 Å². The van der Waals surface area contributed by atoms with Gasteiger partial charge in [0.05, 0.1) is 40.5 Å². The Morgan fingerprint density at radius 3 is 1.42 bits per heavy atom. The first-order valence-electron chi connectivity index (χ1n) is 15.8. The number of thiazole rings is 2. The lowest BCUT2D eigenvalue weighted by Crippen LogP contribution is -2.42. The van der Waals surface area contributed by atoms with Crippen molar-refractivity contribution in [3.63, 3.8) is 0 Å². The van der Waals surface area contributed by atoms with E-state index < -0.39 is 12.1 Å². The van der Waals surface area contributed by atoms with E-state index in [0.29, 0.717) is 58.5 Å². The van der Waals surface area contributed by atoms with Gasteiger partial charge < -0.3 is 20.6 Å². The Morgan fingerprint density at radius 2 is 1.00 bits per heavy atom. The Hall–Kier alpha value is -4.88. The second kappa shape index (κ2) is 11.4. The van der Waals surface area contributed by atoms with Crippen molar-refractivity contribution in [1.29, 1.82) is 0 Å². The summed E-state index contributed by atoms with van der Waals surface area (Å²) >= 11 is 3.02. The van der Waals surface area contributed by atoms with E-state index in [1.165, 1.54) is 31.8 Å². The summed E-state index contributed by atoms with van der Waals surface area (Å²) in [4.78, 5) is 61.1. The van der Waals surface area contributed by atoms with Crippen LogP contribution in [0.2, 0.25) is 0 Å². The summed E-state index contributed by atoms with van der Waals surface area (Å²) in [5, 5.41) is 11.9. The van der Waals surface area contributed by atoms with Crippen LogP contribution < -0.4 is 42.2 Å². The molecule has 0 saturated carbocycles. The van der Waals surface area contributed by atoms with Crippen LogP contribution in [-0.2, 0) is 0 Å². The molecule has 0 radical (unpaired) electrons. The van der Waals surface area contributed by atoms with Crippen molar-refractivity contribution in [3.8, 4) is 0 Å². The molecule has 0 amide bonds. The van der Waals surface area contributed by atoms with Crippen LogP contribution in [0.25, 0.3) is 76.7 Å². The summed E-state index contributed by atoms with van der Waals surface area (Å²) in [5.41, 5.74) is 0.444. The van der Waals surface area contributed by atoms with Crippen molar-refractivity contribution in [3.05, 3.63) is 99.3 Å². The number of nitrogens with one attached hydrogen (secondary N) is 4. The van der Waals surface area contributed by atoms with Gasteiger partial charge in [-0.2, -0.15) is 0 Å². The maximum atomic E-state index is 13.7. The van der Waals surface area contributed by atoms with Gasteiger partial charge in [0.15, 0.2) is 0 Å². The first-order valence-corrected chi connectivity index (χ1v) is 17.4.